The van der Waals surface area contributed by atoms with Crippen LogP contribution in [0.1, 0.15) is 95.2 Å². The summed E-state index contributed by atoms with van der Waals surface area (Å²) in [5.41, 5.74) is 8.78. The van der Waals surface area contributed by atoms with Crippen molar-refractivity contribution in [2.45, 2.75) is 110 Å². The number of fused-ring (bicyclic) bond motifs is 7. The number of carbonyl (C=O) groups excluding carboxylic acids is 4. The molecule has 3 saturated heterocycles. The van der Waals surface area contributed by atoms with Gasteiger partial charge in [0.05, 0.1) is 25.0 Å². The van der Waals surface area contributed by atoms with Gasteiger partial charge in [0.1, 0.15) is 41.4 Å². The van der Waals surface area contributed by atoms with Crippen molar-refractivity contribution >= 4 is 46.6 Å². The largest absolute Gasteiger partial charge is 0.491 e. The summed E-state index contributed by atoms with van der Waals surface area (Å²) in [6, 6.07) is 13.6. The Labute approximate surface area is 417 Å². The number of piperazine rings is 1. The van der Waals surface area contributed by atoms with Crippen molar-refractivity contribution in [1.29, 1.82) is 0 Å². The SMILES string of the molecule is C[C@H]1CN([C@@H]2CCN3Cc4ccc5c(c4OC[C@@H]3C2)CN(C2CCC(=O)NC2=O)C5=O)CCN1c1ccc(Nc2cc(-c3ccnc(N4CCn5c(cc6c5CC(C)(C)C6)C4=O)c3CO)cn(C)c2=O)nc1. The number of aliphatic hydroxyl groups is 1. The molecule has 12 rings (SSSR count). The number of hydrogen-bond donors (Lipinski definition) is 3. The average molecular weight is 976 g/mol. The highest BCUT2D eigenvalue weighted by Gasteiger charge is 2.43. The van der Waals surface area contributed by atoms with E-state index in [0.29, 0.717) is 84.0 Å². The Morgan fingerprint density at radius 2 is 1.72 bits per heavy atom. The first-order chi connectivity index (χ1) is 34.7. The van der Waals surface area contributed by atoms with Crippen LogP contribution in [0.3, 0.4) is 0 Å². The summed E-state index contributed by atoms with van der Waals surface area (Å²) < 4.78 is 10.3. The molecule has 10 heterocycles. The molecule has 0 bridgehead atoms. The molecule has 72 heavy (non-hydrogen) atoms. The number of benzene rings is 1. The van der Waals surface area contributed by atoms with Crippen LogP contribution < -0.4 is 30.7 Å². The highest BCUT2D eigenvalue weighted by atomic mass is 16.5. The number of rotatable bonds is 8. The summed E-state index contributed by atoms with van der Waals surface area (Å²) in [6.45, 7) is 12.7. The van der Waals surface area contributed by atoms with Gasteiger partial charge in [-0.1, -0.05) is 19.9 Å². The molecule has 6 aliphatic heterocycles. The molecule has 4 amide bonds. The van der Waals surface area contributed by atoms with Crippen molar-refractivity contribution in [3.05, 3.63) is 111 Å². The van der Waals surface area contributed by atoms with Gasteiger partial charge in [0.2, 0.25) is 11.8 Å². The van der Waals surface area contributed by atoms with E-state index in [1.807, 2.05) is 42.6 Å². The van der Waals surface area contributed by atoms with Crippen molar-refractivity contribution in [2.75, 3.05) is 54.4 Å². The number of piperidine rings is 2. The van der Waals surface area contributed by atoms with Crippen LogP contribution in [0.25, 0.3) is 11.1 Å². The smallest absolute Gasteiger partial charge is 0.276 e. The molecule has 374 valence electrons. The summed E-state index contributed by atoms with van der Waals surface area (Å²) in [7, 11) is 1.70. The predicted octanol–water partition coefficient (Wildman–Crippen LogP) is 4.36. The first-order valence-corrected chi connectivity index (χ1v) is 25.4. The first kappa shape index (κ1) is 46.2. The zero-order valence-electron chi connectivity index (χ0n) is 41.3. The number of pyridine rings is 3. The molecule has 1 aromatic carbocycles. The Kier molecular flexibility index (Phi) is 11.4. The zero-order valence-corrected chi connectivity index (χ0v) is 41.3. The molecule has 0 saturated carbocycles. The number of nitrogens with zero attached hydrogens (tertiary/aromatic N) is 9. The number of ether oxygens (including phenoxy) is 1. The average Bonchev–Trinajstić information content (AvgIpc) is 3.93. The fourth-order valence-corrected chi connectivity index (χ4v) is 12.8. The van der Waals surface area contributed by atoms with Crippen LogP contribution in [0.4, 0.5) is 23.0 Å². The number of nitrogens with one attached hydrogen (secondary N) is 2. The van der Waals surface area contributed by atoms with Gasteiger partial charge < -0.3 is 34.1 Å². The van der Waals surface area contributed by atoms with E-state index in [0.717, 1.165) is 81.0 Å². The molecule has 1 aliphatic carbocycles. The number of aliphatic hydroxyl groups excluding tert-OH is 1. The van der Waals surface area contributed by atoms with Gasteiger partial charge in [0.15, 0.2) is 0 Å². The summed E-state index contributed by atoms with van der Waals surface area (Å²) in [6.07, 6.45) is 9.69. The molecule has 4 atom stereocenters. The molecule has 18 heteroatoms. The van der Waals surface area contributed by atoms with Crippen LogP contribution in [0.15, 0.2) is 65.8 Å². The maximum atomic E-state index is 14.0. The molecule has 18 nitrogen and oxygen atoms in total. The fourth-order valence-electron chi connectivity index (χ4n) is 12.8. The second-order valence-electron chi connectivity index (χ2n) is 21.7. The lowest BCUT2D eigenvalue weighted by Gasteiger charge is -2.48. The van der Waals surface area contributed by atoms with Crippen molar-refractivity contribution in [3.8, 4) is 16.9 Å². The molecule has 7 aliphatic rings. The van der Waals surface area contributed by atoms with E-state index in [1.54, 1.807) is 35.3 Å². The molecule has 0 spiro atoms. The summed E-state index contributed by atoms with van der Waals surface area (Å²) in [4.78, 5) is 85.9. The zero-order chi connectivity index (χ0) is 49.7. The molecule has 3 fully saturated rings. The van der Waals surface area contributed by atoms with Crippen LogP contribution in [0.2, 0.25) is 0 Å². The van der Waals surface area contributed by atoms with E-state index in [1.165, 1.54) is 15.8 Å². The lowest BCUT2D eigenvalue weighted by molar-refractivity contribution is -0.136. The molecular weight excluding hydrogens is 915 g/mol. The van der Waals surface area contributed by atoms with Crippen molar-refractivity contribution in [3.63, 3.8) is 0 Å². The Hall–Kier alpha value is -6.89. The minimum absolute atomic E-state index is 0.130. The van der Waals surface area contributed by atoms with E-state index in [9.17, 15) is 29.1 Å². The normalized spacial score (nSPS) is 24.0. The van der Waals surface area contributed by atoms with Gasteiger partial charge in [0, 0.05) is 123 Å². The summed E-state index contributed by atoms with van der Waals surface area (Å²) in [5, 5.41) is 16.5. The van der Waals surface area contributed by atoms with E-state index >= 15 is 0 Å². The van der Waals surface area contributed by atoms with Gasteiger partial charge in [-0.3, -0.25) is 44.0 Å². The third-order valence-corrected chi connectivity index (χ3v) is 16.4. The van der Waals surface area contributed by atoms with Gasteiger partial charge in [-0.2, -0.15) is 0 Å². The van der Waals surface area contributed by atoms with E-state index in [-0.39, 0.29) is 53.8 Å². The Morgan fingerprint density at radius 3 is 2.51 bits per heavy atom. The quantitative estimate of drug-likeness (QED) is 0.186. The van der Waals surface area contributed by atoms with E-state index < -0.39 is 11.9 Å². The first-order valence-electron chi connectivity index (χ1n) is 25.4. The predicted molar refractivity (Wildman–Crippen MR) is 269 cm³/mol. The van der Waals surface area contributed by atoms with Gasteiger partial charge in [-0.05, 0) is 92.0 Å². The van der Waals surface area contributed by atoms with Gasteiger partial charge in [-0.25, -0.2) is 9.97 Å². The maximum Gasteiger partial charge on any atom is 0.276 e. The van der Waals surface area contributed by atoms with E-state index in [2.05, 4.69) is 55.7 Å². The van der Waals surface area contributed by atoms with Gasteiger partial charge in [0.25, 0.3) is 17.4 Å². The molecule has 3 N–H and O–H groups in total. The minimum Gasteiger partial charge on any atom is -0.491 e. The lowest BCUT2D eigenvalue weighted by atomic mass is 9.90. The fraction of sp³-hybridized carbons (Fsp3) is 0.463. The highest BCUT2D eigenvalue weighted by molar-refractivity contribution is 6.07. The Bertz CT molecular complexity index is 3130. The van der Waals surface area contributed by atoms with Gasteiger partial charge >= 0.3 is 0 Å². The van der Waals surface area contributed by atoms with Crippen LogP contribution in [-0.4, -0.2) is 126 Å². The van der Waals surface area contributed by atoms with Crippen molar-refractivity contribution < 1.29 is 29.0 Å². The number of aryl methyl sites for hydroxylation is 1. The molecule has 5 aromatic rings. The minimum atomic E-state index is -0.667. The number of amides is 4. The van der Waals surface area contributed by atoms with Crippen molar-refractivity contribution in [2.24, 2.45) is 12.5 Å². The second kappa shape index (κ2) is 17.7. The second-order valence-corrected chi connectivity index (χ2v) is 21.7. The number of anilines is 4. The van der Waals surface area contributed by atoms with Crippen LogP contribution in [0.5, 0.6) is 5.75 Å². The standard InChI is InChI=1S/C54H61N11O7/c1-31-25-61(35-12-14-60-27-32-5-7-39-40(48(32)72-30-37(60)21-35)28-65(51(39)69)43-8-10-47(67)58-50(43)68)15-16-62(31)36-6-9-46(56-24-36)57-42-19-34(26-59(4)52(42)70)38-11-13-55-49(41(38)29-66)64-18-17-63-44(53(64)71)20-33-22-54(2,3)23-45(33)63/h5-7,9,11,13,19-20,24,26,31,35,37,43,66H,8,10,12,14-18,21-23,25,27-30H2,1-4H3,(H,56,57)(H,58,67,68)/t31-,35+,37-,43?/m0/s1. The maximum absolute atomic E-state index is 14.0. The van der Waals surface area contributed by atoms with Gasteiger partial charge in [-0.15, -0.1) is 0 Å². The molecule has 0 radical (unpaired) electrons. The molecular formula is C54H61N11O7. The van der Waals surface area contributed by atoms with E-state index in [4.69, 9.17) is 9.72 Å². The molecule has 1 unspecified atom stereocenters. The third kappa shape index (κ3) is 7.94. The topological polar surface area (TPSA) is 191 Å². The lowest BCUT2D eigenvalue weighted by Crippen LogP contribution is -2.58. The van der Waals surface area contributed by atoms with Crippen LogP contribution in [-0.2, 0) is 55.7 Å². The monoisotopic (exact) mass is 975 g/mol. The highest BCUT2D eigenvalue weighted by Crippen LogP contribution is 2.42. The van der Waals surface area contributed by atoms with Crippen LogP contribution in [0, 0.1) is 5.41 Å². The Balaban J connectivity index is 0.686. The number of hydrogen-bond acceptors (Lipinski definition) is 13. The number of carbonyl (C=O) groups is 4. The summed E-state index contributed by atoms with van der Waals surface area (Å²) >= 11 is 0. The van der Waals surface area contributed by atoms with Crippen LogP contribution >= 0.6 is 0 Å². The molecule has 4 aromatic heterocycles. The van der Waals surface area contributed by atoms with Crippen molar-refractivity contribution in [1.82, 2.24) is 39.1 Å². The third-order valence-electron chi connectivity index (χ3n) is 16.4. The summed E-state index contributed by atoms with van der Waals surface area (Å²) in [5.74, 6) is 0.672. The number of imide groups is 1. The Morgan fingerprint density at radius 1 is 0.861 bits per heavy atom. The number of aromatic nitrogens is 4.